The van der Waals surface area contributed by atoms with Crippen molar-refractivity contribution in [2.75, 3.05) is 48.8 Å². The lowest BCUT2D eigenvalue weighted by molar-refractivity contribution is -0.111. The molecule has 0 unspecified atom stereocenters. The Hall–Kier alpha value is -4.37. The maximum absolute atomic E-state index is 11.5. The fraction of sp³-hybridized carbons (Fsp3) is 0.192. The second kappa shape index (κ2) is 9.86. The molecule has 9 nitrogen and oxygen atoms in total. The summed E-state index contributed by atoms with van der Waals surface area (Å²) in [5.74, 6) is 1.17. The van der Waals surface area contributed by atoms with Crippen molar-refractivity contribution in [2.24, 2.45) is 0 Å². The first kappa shape index (κ1) is 22.4. The van der Waals surface area contributed by atoms with Gasteiger partial charge in [0.2, 0.25) is 17.7 Å². The van der Waals surface area contributed by atoms with Crippen LogP contribution in [0, 0.1) is 0 Å². The van der Waals surface area contributed by atoms with Crippen molar-refractivity contribution in [1.29, 1.82) is 0 Å². The topological polar surface area (TPSA) is 98.4 Å². The number of aromatic nitrogens is 3. The van der Waals surface area contributed by atoms with Crippen LogP contribution in [-0.4, -0.2) is 59.0 Å². The Balaban J connectivity index is 1.32. The van der Waals surface area contributed by atoms with E-state index in [4.69, 9.17) is 4.74 Å². The zero-order valence-electron chi connectivity index (χ0n) is 19.5. The van der Waals surface area contributed by atoms with Gasteiger partial charge < -0.3 is 30.2 Å². The summed E-state index contributed by atoms with van der Waals surface area (Å²) in [4.78, 5) is 28.5. The van der Waals surface area contributed by atoms with E-state index < -0.39 is 0 Å². The van der Waals surface area contributed by atoms with Gasteiger partial charge in [-0.1, -0.05) is 6.58 Å². The minimum atomic E-state index is -0.268. The van der Waals surface area contributed by atoms with E-state index in [2.05, 4.69) is 61.1 Å². The summed E-state index contributed by atoms with van der Waals surface area (Å²) < 4.78 is 6.07. The van der Waals surface area contributed by atoms with Gasteiger partial charge in [0, 0.05) is 49.4 Å². The van der Waals surface area contributed by atoms with Gasteiger partial charge in [-0.25, -0.2) is 0 Å². The molecule has 0 aliphatic carbocycles. The van der Waals surface area contributed by atoms with E-state index in [1.807, 2.05) is 18.2 Å². The highest BCUT2D eigenvalue weighted by atomic mass is 16.5. The lowest BCUT2D eigenvalue weighted by atomic mass is 10.2. The van der Waals surface area contributed by atoms with Gasteiger partial charge in [-0.2, -0.15) is 9.97 Å². The molecule has 9 heteroatoms. The molecule has 3 N–H and O–H groups in total. The van der Waals surface area contributed by atoms with Crippen LogP contribution in [0.25, 0.3) is 11.0 Å². The fourth-order valence-corrected chi connectivity index (χ4v) is 3.91. The SMILES string of the molecule is C=CC(=O)Nc1ccc(Oc2nc(Nc3ccc(N4CCN(C)CC4)cc3)nc3[nH]ccc23)cc1. The number of carbonyl (C=O) groups excluding carboxylic acids is 1. The largest absolute Gasteiger partial charge is 0.438 e. The van der Waals surface area contributed by atoms with Crippen LogP contribution < -0.4 is 20.3 Å². The number of hydrogen-bond donors (Lipinski definition) is 3. The van der Waals surface area contributed by atoms with Gasteiger partial charge >= 0.3 is 0 Å². The van der Waals surface area contributed by atoms with Crippen LogP contribution in [-0.2, 0) is 4.79 Å². The monoisotopic (exact) mass is 469 g/mol. The highest BCUT2D eigenvalue weighted by Gasteiger charge is 2.15. The van der Waals surface area contributed by atoms with Crippen molar-refractivity contribution in [3.8, 4) is 11.6 Å². The molecule has 1 aliphatic heterocycles. The Bertz CT molecular complexity index is 1320. The predicted octanol–water partition coefficient (Wildman–Crippen LogP) is 4.37. The summed E-state index contributed by atoms with van der Waals surface area (Å²) in [7, 11) is 2.15. The quantitative estimate of drug-likeness (QED) is 0.346. The van der Waals surface area contributed by atoms with Gasteiger partial charge in [-0.05, 0) is 67.7 Å². The zero-order chi connectivity index (χ0) is 24.2. The van der Waals surface area contributed by atoms with Crippen LogP contribution >= 0.6 is 0 Å². The zero-order valence-corrected chi connectivity index (χ0v) is 19.5. The van der Waals surface area contributed by atoms with Crippen molar-refractivity contribution in [3.05, 3.63) is 73.4 Å². The number of benzene rings is 2. The number of likely N-dealkylation sites (N-methyl/N-ethyl adjacent to an activating group) is 1. The number of carbonyl (C=O) groups is 1. The number of nitrogens with zero attached hydrogens (tertiary/aromatic N) is 4. The molecule has 0 atom stereocenters. The normalized spacial score (nSPS) is 14.0. The molecule has 0 saturated carbocycles. The minimum absolute atomic E-state index is 0.268. The molecule has 1 saturated heterocycles. The molecule has 0 spiro atoms. The van der Waals surface area contributed by atoms with Gasteiger partial charge in [0.25, 0.3) is 0 Å². The van der Waals surface area contributed by atoms with Crippen molar-refractivity contribution in [1.82, 2.24) is 19.9 Å². The third kappa shape index (κ3) is 5.25. The van der Waals surface area contributed by atoms with Crippen molar-refractivity contribution in [3.63, 3.8) is 0 Å². The Morgan fingerprint density at radius 3 is 2.43 bits per heavy atom. The maximum Gasteiger partial charge on any atom is 0.247 e. The van der Waals surface area contributed by atoms with Crippen LogP contribution in [0.2, 0.25) is 0 Å². The number of aromatic amines is 1. The molecule has 5 rings (SSSR count). The van der Waals surface area contributed by atoms with Gasteiger partial charge in [-0.3, -0.25) is 4.79 Å². The van der Waals surface area contributed by atoms with E-state index in [-0.39, 0.29) is 5.91 Å². The Morgan fingerprint density at radius 1 is 1.00 bits per heavy atom. The Labute approximate surface area is 203 Å². The predicted molar refractivity (Wildman–Crippen MR) is 139 cm³/mol. The first-order valence-corrected chi connectivity index (χ1v) is 11.4. The molecule has 2 aromatic heterocycles. The van der Waals surface area contributed by atoms with Crippen molar-refractivity contribution < 1.29 is 9.53 Å². The van der Waals surface area contributed by atoms with E-state index >= 15 is 0 Å². The van der Waals surface area contributed by atoms with Crippen LogP contribution in [0.3, 0.4) is 0 Å². The summed E-state index contributed by atoms with van der Waals surface area (Å²) in [6.45, 7) is 7.65. The molecule has 1 aliphatic rings. The van der Waals surface area contributed by atoms with E-state index in [9.17, 15) is 4.79 Å². The first-order valence-electron chi connectivity index (χ1n) is 11.4. The maximum atomic E-state index is 11.5. The van der Waals surface area contributed by atoms with Crippen LogP contribution in [0.1, 0.15) is 0 Å². The summed E-state index contributed by atoms with van der Waals surface area (Å²) >= 11 is 0. The van der Waals surface area contributed by atoms with Gasteiger partial charge in [0.15, 0.2) is 0 Å². The fourth-order valence-electron chi connectivity index (χ4n) is 3.91. The van der Waals surface area contributed by atoms with Crippen LogP contribution in [0.15, 0.2) is 73.4 Å². The average molecular weight is 470 g/mol. The number of fused-ring (bicyclic) bond motifs is 1. The smallest absolute Gasteiger partial charge is 0.247 e. The standard InChI is InChI=1S/C26H27N7O2/c1-3-23(34)28-18-6-10-21(11-7-18)35-25-22-12-13-27-24(22)30-26(31-25)29-19-4-8-20(9-5-19)33-16-14-32(2)15-17-33/h3-13H,1,14-17H2,2H3,(H,28,34)(H2,27,29,30,31). The van der Waals surface area contributed by atoms with E-state index in [1.54, 1.807) is 30.5 Å². The molecule has 1 fully saturated rings. The highest BCUT2D eigenvalue weighted by molar-refractivity contribution is 5.98. The average Bonchev–Trinajstić information content (AvgIpc) is 3.35. The summed E-state index contributed by atoms with van der Waals surface area (Å²) in [5.41, 5.74) is 3.42. The number of amides is 1. The highest BCUT2D eigenvalue weighted by Crippen LogP contribution is 2.30. The molecule has 3 heterocycles. The van der Waals surface area contributed by atoms with Crippen molar-refractivity contribution >= 4 is 40.0 Å². The number of rotatable bonds is 7. The Morgan fingerprint density at radius 2 is 1.71 bits per heavy atom. The van der Waals surface area contributed by atoms with Crippen LogP contribution in [0.5, 0.6) is 11.6 Å². The summed E-state index contributed by atoms with van der Waals surface area (Å²) in [6, 6.07) is 17.2. The molecular formula is C26H27N7O2. The summed E-state index contributed by atoms with van der Waals surface area (Å²) in [5, 5.41) is 6.76. The third-order valence-corrected chi connectivity index (χ3v) is 5.89. The summed E-state index contributed by atoms with van der Waals surface area (Å²) in [6.07, 6.45) is 3.02. The number of anilines is 4. The molecule has 0 bridgehead atoms. The third-order valence-electron chi connectivity index (χ3n) is 5.89. The molecule has 35 heavy (non-hydrogen) atoms. The molecule has 178 valence electrons. The molecule has 4 aromatic rings. The second-order valence-electron chi connectivity index (χ2n) is 8.37. The first-order chi connectivity index (χ1) is 17.1. The lowest BCUT2D eigenvalue weighted by Crippen LogP contribution is -2.44. The molecule has 1 amide bonds. The van der Waals surface area contributed by atoms with Gasteiger partial charge in [0.05, 0.1) is 5.39 Å². The number of hydrogen-bond acceptors (Lipinski definition) is 7. The molecule has 0 radical (unpaired) electrons. The Kier molecular flexibility index (Phi) is 6.32. The number of nitrogens with one attached hydrogen (secondary N) is 3. The molecule has 2 aromatic carbocycles. The minimum Gasteiger partial charge on any atom is -0.438 e. The van der Waals surface area contributed by atoms with E-state index in [0.29, 0.717) is 28.9 Å². The molecular weight excluding hydrogens is 442 g/mol. The van der Waals surface area contributed by atoms with Crippen LogP contribution in [0.4, 0.5) is 23.0 Å². The van der Waals surface area contributed by atoms with E-state index in [1.165, 1.54) is 11.8 Å². The second-order valence-corrected chi connectivity index (χ2v) is 8.37. The number of H-pyrrole nitrogens is 1. The van der Waals surface area contributed by atoms with Gasteiger partial charge in [-0.15, -0.1) is 0 Å². The number of ether oxygens (including phenoxy) is 1. The van der Waals surface area contributed by atoms with E-state index in [0.717, 1.165) is 37.3 Å². The number of piperazine rings is 1. The lowest BCUT2D eigenvalue weighted by Gasteiger charge is -2.34. The van der Waals surface area contributed by atoms with Gasteiger partial charge in [0.1, 0.15) is 11.4 Å². The van der Waals surface area contributed by atoms with Crippen molar-refractivity contribution in [2.45, 2.75) is 0 Å².